The van der Waals surface area contributed by atoms with Crippen LogP contribution >= 0.6 is 0 Å². The van der Waals surface area contributed by atoms with Gasteiger partial charge >= 0.3 is 0 Å². The van der Waals surface area contributed by atoms with Crippen LogP contribution in [0.1, 0.15) is 5.56 Å². The molecule has 0 saturated heterocycles. The van der Waals surface area contributed by atoms with E-state index < -0.39 is 4.92 Å². The third-order valence-corrected chi connectivity index (χ3v) is 3.13. The predicted molar refractivity (Wildman–Crippen MR) is 76.6 cm³/mol. The summed E-state index contributed by atoms with van der Waals surface area (Å²) >= 11 is 0. The fraction of sp³-hybridized carbons (Fsp3) is 0.0667. The van der Waals surface area contributed by atoms with E-state index in [2.05, 4.69) is 5.32 Å². The molecule has 3 rings (SSSR count). The average Bonchev–Trinajstić information content (AvgIpc) is 2.88. The molecule has 0 aliphatic carbocycles. The Morgan fingerprint density at radius 2 is 1.85 bits per heavy atom. The van der Waals surface area contributed by atoms with E-state index in [1.54, 1.807) is 24.5 Å². The van der Waals surface area contributed by atoms with E-state index >= 15 is 0 Å². The second-order valence-electron chi connectivity index (χ2n) is 4.38. The Labute approximate surface area is 115 Å². The van der Waals surface area contributed by atoms with Crippen molar-refractivity contribution in [1.29, 1.82) is 0 Å². The molecule has 2 aromatic carbocycles. The molecule has 0 radical (unpaired) electrons. The van der Waals surface area contributed by atoms with Gasteiger partial charge in [0.05, 0.1) is 11.2 Å². The minimum Gasteiger partial charge on any atom is -0.464 e. The van der Waals surface area contributed by atoms with Crippen LogP contribution in [0.4, 0.5) is 11.4 Å². The van der Waals surface area contributed by atoms with Crippen LogP contribution in [0.2, 0.25) is 0 Å². The van der Waals surface area contributed by atoms with Crippen molar-refractivity contribution in [3.05, 3.63) is 70.5 Å². The van der Waals surface area contributed by atoms with Crippen molar-refractivity contribution in [2.75, 3.05) is 5.32 Å². The molecule has 100 valence electrons. The zero-order valence-electron chi connectivity index (χ0n) is 10.6. The highest BCUT2D eigenvalue weighted by atomic mass is 16.6. The Kier molecular flexibility index (Phi) is 3.09. The molecule has 0 bridgehead atoms. The maximum Gasteiger partial charge on any atom is 0.292 e. The van der Waals surface area contributed by atoms with Gasteiger partial charge in [0.25, 0.3) is 5.69 Å². The Hall–Kier alpha value is -2.82. The quantitative estimate of drug-likeness (QED) is 0.574. The number of rotatable bonds is 4. The molecule has 0 saturated carbocycles. The molecule has 0 aliphatic heterocycles. The number of hydrogen-bond donors (Lipinski definition) is 1. The van der Waals surface area contributed by atoms with Crippen LogP contribution in [-0.4, -0.2) is 4.92 Å². The lowest BCUT2D eigenvalue weighted by Gasteiger charge is -2.05. The number of nitro benzene ring substituents is 1. The summed E-state index contributed by atoms with van der Waals surface area (Å²) in [5.74, 6) is 0. The number of fused-ring (bicyclic) bond motifs is 1. The second-order valence-corrected chi connectivity index (χ2v) is 4.38. The number of para-hydroxylation sites is 3. The maximum atomic E-state index is 10.9. The number of benzene rings is 2. The third-order valence-electron chi connectivity index (χ3n) is 3.13. The van der Waals surface area contributed by atoms with Crippen LogP contribution in [0.5, 0.6) is 0 Å². The van der Waals surface area contributed by atoms with E-state index in [9.17, 15) is 10.1 Å². The van der Waals surface area contributed by atoms with Gasteiger partial charge in [0.15, 0.2) is 0 Å². The first-order valence-electron chi connectivity index (χ1n) is 6.18. The molecule has 20 heavy (non-hydrogen) atoms. The zero-order chi connectivity index (χ0) is 13.9. The Balaban J connectivity index is 1.85. The first kappa shape index (κ1) is 12.2. The van der Waals surface area contributed by atoms with E-state index in [-0.39, 0.29) is 5.69 Å². The van der Waals surface area contributed by atoms with Gasteiger partial charge in [-0.15, -0.1) is 0 Å². The normalized spacial score (nSPS) is 10.6. The second kappa shape index (κ2) is 5.05. The fourth-order valence-electron chi connectivity index (χ4n) is 2.14. The molecular formula is C15H12N2O3. The van der Waals surface area contributed by atoms with E-state index in [0.717, 1.165) is 16.5 Å². The number of hydrogen-bond acceptors (Lipinski definition) is 4. The molecule has 1 N–H and O–H groups in total. The lowest BCUT2D eigenvalue weighted by Crippen LogP contribution is -2.01. The molecule has 0 spiro atoms. The fourth-order valence-corrected chi connectivity index (χ4v) is 2.14. The smallest absolute Gasteiger partial charge is 0.292 e. The predicted octanol–water partition coefficient (Wildman–Crippen LogP) is 3.95. The Bertz CT molecular complexity index is 764. The van der Waals surface area contributed by atoms with Gasteiger partial charge in [-0.2, -0.15) is 0 Å². The minimum absolute atomic E-state index is 0.0697. The highest BCUT2D eigenvalue weighted by Gasteiger charge is 2.12. The molecule has 1 heterocycles. The third kappa shape index (κ3) is 2.21. The van der Waals surface area contributed by atoms with Crippen molar-refractivity contribution in [3.63, 3.8) is 0 Å². The molecule has 3 aromatic rings. The van der Waals surface area contributed by atoms with Gasteiger partial charge in [-0.1, -0.05) is 30.3 Å². The van der Waals surface area contributed by atoms with Crippen molar-refractivity contribution in [1.82, 2.24) is 0 Å². The molecule has 0 amide bonds. The highest BCUT2D eigenvalue weighted by molar-refractivity contribution is 5.81. The number of nitrogens with one attached hydrogen (secondary N) is 1. The molecule has 5 heteroatoms. The lowest BCUT2D eigenvalue weighted by atomic mass is 10.1. The van der Waals surface area contributed by atoms with Crippen molar-refractivity contribution >= 4 is 22.3 Å². The number of furan rings is 1. The van der Waals surface area contributed by atoms with Gasteiger partial charge in [-0.3, -0.25) is 10.1 Å². The van der Waals surface area contributed by atoms with Gasteiger partial charge in [0.2, 0.25) is 0 Å². The highest BCUT2D eigenvalue weighted by Crippen LogP contribution is 2.26. The first-order valence-corrected chi connectivity index (χ1v) is 6.18. The summed E-state index contributed by atoms with van der Waals surface area (Å²) in [7, 11) is 0. The maximum absolute atomic E-state index is 10.9. The summed E-state index contributed by atoms with van der Waals surface area (Å²) in [5.41, 5.74) is 2.36. The van der Waals surface area contributed by atoms with Crippen molar-refractivity contribution in [2.24, 2.45) is 0 Å². The van der Waals surface area contributed by atoms with Crippen LogP contribution < -0.4 is 5.32 Å². The van der Waals surface area contributed by atoms with Crippen LogP contribution in [-0.2, 0) is 6.54 Å². The summed E-state index contributed by atoms with van der Waals surface area (Å²) in [6, 6.07) is 14.3. The van der Waals surface area contributed by atoms with Gasteiger partial charge < -0.3 is 9.73 Å². The van der Waals surface area contributed by atoms with Gasteiger partial charge in [0, 0.05) is 23.6 Å². The van der Waals surface area contributed by atoms with E-state index in [4.69, 9.17) is 4.42 Å². The van der Waals surface area contributed by atoms with Gasteiger partial charge in [0.1, 0.15) is 11.3 Å². The minimum atomic E-state index is -0.393. The molecular weight excluding hydrogens is 256 g/mol. The van der Waals surface area contributed by atoms with Gasteiger partial charge in [-0.25, -0.2) is 0 Å². The number of anilines is 1. The summed E-state index contributed by atoms with van der Waals surface area (Å²) < 4.78 is 5.44. The first-order chi connectivity index (χ1) is 9.75. The monoisotopic (exact) mass is 268 g/mol. The van der Waals surface area contributed by atoms with Crippen molar-refractivity contribution < 1.29 is 9.34 Å². The SMILES string of the molecule is O=[N+]([O-])c1ccccc1NCc1coc2ccccc12. The van der Waals surface area contributed by atoms with E-state index in [1.165, 1.54) is 6.07 Å². The van der Waals surface area contributed by atoms with Gasteiger partial charge in [-0.05, 0) is 12.1 Å². The molecule has 0 fully saturated rings. The molecule has 1 aromatic heterocycles. The van der Waals surface area contributed by atoms with E-state index in [0.29, 0.717) is 12.2 Å². The standard InChI is InChI=1S/C15H12N2O3/c18-17(19)14-7-3-2-6-13(14)16-9-11-10-20-15-8-4-1-5-12(11)15/h1-8,10,16H,9H2. The zero-order valence-corrected chi connectivity index (χ0v) is 10.6. The van der Waals surface area contributed by atoms with Crippen molar-refractivity contribution in [2.45, 2.75) is 6.54 Å². The summed E-state index contributed by atoms with van der Waals surface area (Å²) in [6.07, 6.45) is 1.67. The molecule has 0 unspecified atom stereocenters. The van der Waals surface area contributed by atoms with Crippen LogP contribution in [0.15, 0.2) is 59.2 Å². The number of nitro groups is 1. The van der Waals surface area contributed by atoms with Crippen molar-refractivity contribution in [3.8, 4) is 0 Å². The average molecular weight is 268 g/mol. The largest absolute Gasteiger partial charge is 0.464 e. The summed E-state index contributed by atoms with van der Waals surface area (Å²) in [5, 5.41) is 15.0. The molecule has 0 aliphatic rings. The van der Waals surface area contributed by atoms with Crippen LogP contribution in [0, 0.1) is 10.1 Å². The number of nitrogens with zero attached hydrogens (tertiary/aromatic N) is 1. The van der Waals surface area contributed by atoms with Crippen LogP contribution in [0.25, 0.3) is 11.0 Å². The van der Waals surface area contributed by atoms with E-state index in [1.807, 2.05) is 24.3 Å². The molecule has 5 nitrogen and oxygen atoms in total. The molecule has 0 atom stereocenters. The summed E-state index contributed by atoms with van der Waals surface area (Å²) in [6.45, 7) is 0.474. The Morgan fingerprint density at radius 3 is 2.70 bits per heavy atom. The summed E-state index contributed by atoms with van der Waals surface area (Å²) in [4.78, 5) is 10.5. The topological polar surface area (TPSA) is 68.3 Å². The van der Waals surface area contributed by atoms with Crippen LogP contribution in [0.3, 0.4) is 0 Å². The lowest BCUT2D eigenvalue weighted by molar-refractivity contribution is -0.384. The Morgan fingerprint density at radius 1 is 1.10 bits per heavy atom.